The Morgan fingerprint density at radius 1 is 1.53 bits per heavy atom. The first-order valence-corrected chi connectivity index (χ1v) is 5.71. The standard InChI is InChI=1S/C13H13FN2O3/c1-3-16-7-9(13(17)18)12(15-16)8-4-5-11(19-2)10(14)6-8/h4-7H,3H2,1-2H3,(H,17,18). The average molecular weight is 264 g/mol. The van der Waals surface area contributed by atoms with E-state index in [-0.39, 0.29) is 17.0 Å². The number of benzene rings is 1. The van der Waals surface area contributed by atoms with Gasteiger partial charge in [-0.2, -0.15) is 5.10 Å². The maximum atomic E-state index is 13.7. The van der Waals surface area contributed by atoms with Crippen molar-refractivity contribution in [1.82, 2.24) is 9.78 Å². The van der Waals surface area contributed by atoms with E-state index in [2.05, 4.69) is 5.10 Å². The smallest absolute Gasteiger partial charge is 0.339 e. The Morgan fingerprint density at radius 3 is 2.79 bits per heavy atom. The van der Waals surface area contributed by atoms with Gasteiger partial charge in [-0.05, 0) is 25.1 Å². The third kappa shape index (κ3) is 2.42. The van der Waals surface area contributed by atoms with E-state index in [1.807, 2.05) is 6.92 Å². The molecule has 1 aromatic heterocycles. The Hall–Kier alpha value is -2.37. The van der Waals surface area contributed by atoms with Crippen LogP contribution in [-0.4, -0.2) is 28.0 Å². The maximum absolute atomic E-state index is 13.7. The molecule has 0 spiro atoms. The molecule has 2 aromatic rings. The summed E-state index contributed by atoms with van der Waals surface area (Å²) in [6, 6.07) is 4.24. The Morgan fingerprint density at radius 2 is 2.26 bits per heavy atom. The zero-order valence-electron chi connectivity index (χ0n) is 10.6. The summed E-state index contributed by atoms with van der Waals surface area (Å²) in [7, 11) is 1.37. The van der Waals surface area contributed by atoms with Gasteiger partial charge in [0.15, 0.2) is 11.6 Å². The fourth-order valence-corrected chi connectivity index (χ4v) is 1.77. The summed E-state index contributed by atoms with van der Waals surface area (Å²) < 4.78 is 20.0. The van der Waals surface area contributed by atoms with Crippen LogP contribution in [0, 0.1) is 5.82 Å². The van der Waals surface area contributed by atoms with Crippen LogP contribution in [-0.2, 0) is 6.54 Å². The second kappa shape index (κ2) is 5.09. The molecule has 6 heteroatoms. The highest BCUT2D eigenvalue weighted by Crippen LogP contribution is 2.27. The van der Waals surface area contributed by atoms with Crippen molar-refractivity contribution in [3.05, 3.63) is 35.8 Å². The molecule has 5 nitrogen and oxygen atoms in total. The number of ether oxygens (including phenoxy) is 1. The number of methoxy groups -OCH3 is 1. The van der Waals surface area contributed by atoms with Gasteiger partial charge in [0.2, 0.25) is 0 Å². The topological polar surface area (TPSA) is 64.4 Å². The average Bonchev–Trinajstić information content (AvgIpc) is 2.83. The molecule has 1 heterocycles. The number of aryl methyl sites for hydroxylation is 1. The van der Waals surface area contributed by atoms with Gasteiger partial charge in [0.05, 0.1) is 7.11 Å². The first kappa shape index (κ1) is 13.1. The largest absolute Gasteiger partial charge is 0.494 e. The summed E-state index contributed by atoms with van der Waals surface area (Å²) in [6.07, 6.45) is 1.43. The second-order valence-electron chi connectivity index (χ2n) is 3.90. The van der Waals surface area contributed by atoms with Crippen molar-refractivity contribution in [1.29, 1.82) is 0 Å². The number of hydrogen-bond acceptors (Lipinski definition) is 3. The zero-order valence-corrected chi connectivity index (χ0v) is 10.6. The fraction of sp³-hybridized carbons (Fsp3) is 0.231. The molecule has 0 bridgehead atoms. The van der Waals surface area contributed by atoms with Gasteiger partial charge in [0.1, 0.15) is 11.3 Å². The Kier molecular flexibility index (Phi) is 3.50. The van der Waals surface area contributed by atoms with E-state index < -0.39 is 11.8 Å². The minimum Gasteiger partial charge on any atom is -0.494 e. The SMILES string of the molecule is CCn1cc(C(=O)O)c(-c2ccc(OC)c(F)c2)n1. The lowest BCUT2D eigenvalue weighted by Crippen LogP contribution is -1.97. The van der Waals surface area contributed by atoms with E-state index in [9.17, 15) is 9.18 Å². The number of rotatable bonds is 4. The summed E-state index contributed by atoms with van der Waals surface area (Å²) in [5, 5.41) is 13.3. The first-order valence-electron chi connectivity index (χ1n) is 5.71. The number of carboxylic acid groups (broad SMARTS) is 1. The highest BCUT2D eigenvalue weighted by molar-refractivity contribution is 5.94. The summed E-state index contributed by atoms with van der Waals surface area (Å²) in [6.45, 7) is 2.38. The van der Waals surface area contributed by atoms with Gasteiger partial charge in [-0.15, -0.1) is 0 Å². The number of halogens is 1. The molecular formula is C13H13FN2O3. The van der Waals surface area contributed by atoms with Crippen LogP contribution in [0.4, 0.5) is 4.39 Å². The minimum absolute atomic E-state index is 0.0476. The number of hydrogen-bond donors (Lipinski definition) is 1. The van der Waals surface area contributed by atoms with E-state index in [4.69, 9.17) is 9.84 Å². The Balaban J connectivity index is 2.54. The summed E-state index contributed by atoms with van der Waals surface area (Å²) >= 11 is 0. The number of aromatic carboxylic acids is 1. The van der Waals surface area contributed by atoms with Crippen molar-refractivity contribution >= 4 is 5.97 Å². The van der Waals surface area contributed by atoms with Crippen LogP contribution in [0.2, 0.25) is 0 Å². The molecule has 0 aliphatic heterocycles. The Labute approximate surface area is 109 Å². The quantitative estimate of drug-likeness (QED) is 0.921. The van der Waals surface area contributed by atoms with Crippen LogP contribution in [0.15, 0.2) is 24.4 Å². The van der Waals surface area contributed by atoms with Crippen molar-refractivity contribution in [2.75, 3.05) is 7.11 Å². The van der Waals surface area contributed by atoms with Crippen molar-refractivity contribution in [2.24, 2.45) is 0 Å². The molecule has 0 saturated heterocycles. The van der Waals surface area contributed by atoms with Gasteiger partial charge < -0.3 is 9.84 Å². The minimum atomic E-state index is -1.09. The molecule has 1 aromatic carbocycles. The lowest BCUT2D eigenvalue weighted by atomic mass is 10.1. The van der Waals surface area contributed by atoms with Crippen molar-refractivity contribution < 1.29 is 19.0 Å². The van der Waals surface area contributed by atoms with Crippen LogP contribution in [0.3, 0.4) is 0 Å². The lowest BCUT2D eigenvalue weighted by Gasteiger charge is -2.04. The van der Waals surface area contributed by atoms with Crippen molar-refractivity contribution in [2.45, 2.75) is 13.5 Å². The van der Waals surface area contributed by atoms with Gasteiger partial charge in [0.25, 0.3) is 0 Å². The highest BCUT2D eigenvalue weighted by atomic mass is 19.1. The predicted octanol–water partition coefficient (Wildman–Crippen LogP) is 2.42. The van der Waals surface area contributed by atoms with Gasteiger partial charge in [-0.1, -0.05) is 0 Å². The lowest BCUT2D eigenvalue weighted by molar-refractivity contribution is 0.0697. The Bertz CT molecular complexity index is 622. The molecule has 0 saturated carbocycles. The van der Waals surface area contributed by atoms with Crippen molar-refractivity contribution in [3.8, 4) is 17.0 Å². The van der Waals surface area contributed by atoms with Gasteiger partial charge >= 0.3 is 5.97 Å². The number of nitrogens with zero attached hydrogens (tertiary/aromatic N) is 2. The van der Waals surface area contributed by atoms with E-state index in [1.54, 1.807) is 6.07 Å². The molecule has 1 N–H and O–H groups in total. The number of carbonyl (C=O) groups is 1. The fourth-order valence-electron chi connectivity index (χ4n) is 1.77. The molecular weight excluding hydrogens is 251 g/mol. The molecule has 0 aliphatic carbocycles. The predicted molar refractivity (Wildman–Crippen MR) is 66.8 cm³/mol. The molecule has 0 radical (unpaired) electrons. The van der Waals surface area contributed by atoms with Crippen LogP contribution < -0.4 is 4.74 Å². The first-order chi connectivity index (χ1) is 9.06. The monoisotopic (exact) mass is 264 g/mol. The number of aromatic nitrogens is 2. The van der Waals surface area contributed by atoms with Gasteiger partial charge in [-0.25, -0.2) is 9.18 Å². The third-order valence-corrected chi connectivity index (χ3v) is 2.74. The molecule has 0 aliphatic rings. The molecule has 0 atom stereocenters. The second-order valence-corrected chi connectivity index (χ2v) is 3.90. The summed E-state index contributed by atoms with van der Waals surface area (Å²) in [4.78, 5) is 11.2. The summed E-state index contributed by atoms with van der Waals surface area (Å²) in [5.74, 6) is -1.54. The molecule has 0 unspecified atom stereocenters. The van der Waals surface area contributed by atoms with Crippen LogP contribution in [0.25, 0.3) is 11.3 Å². The molecule has 2 rings (SSSR count). The van der Waals surface area contributed by atoms with Gasteiger partial charge in [-0.3, -0.25) is 4.68 Å². The molecule has 0 fully saturated rings. The molecule has 0 amide bonds. The van der Waals surface area contributed by atoms with Gasteiger partial charge in [0, 0.05) is 18.3 Å². The van der Waals surface area contributed by atoms with Crippen molar-refractivity contribution in [3.63, 3.8) is 0 Å². The van der Waals surface area contributed by atoms with E-state index in [0.29, 0.717) is 12.1 Å². The summed E-state index contributed by atoms with van der Waals surface area (Å²) in [5.41, 5.74) is 0.699. The molecule has 100 valence electrons. The highest BCUT2D eigenvalue weighted by Gasteiger charge is 2.18. The zero-order chi connectivity index (χ0) is 14.0. The maximum Gasteiger partial charge on any atom is 0.339 e. The van der Waals surface area contributed by atoms with E-state index in [1.165, 1.54) is 30.1 Å². The van der Waals surface area contributed by atoms with Crippen LogP contribution >= 0.6 is 0 Å². The van der Waals surface area contributed by atoms with Crippen LogP contribution in [0.5, 0.6) is 5.75 Å². The van der Waals surface area contributed by atoms with E-state index in [0.717, 1.165) is 0 Å². The van der Waals surface area contributed by atoms with Crippen LogP contribution in [0.1, 0.15) is 17.3 Å². The van der Waals surface area contributed by atoms with E-state index >= 15 is 0 Å². The molecule has 19 heavy (non-hydrogen) atoms. The third-order valence-electron chi connectivity index (χ3n) is 2.74. The normalized spacial score (nSPS) is 10.5. The number of carboxylic acids is 1.